The number of aromatic hydroxyl groups is 1. The number of benzene rings is 2. The molecule has 2 N–H and O–H groups in total. The molecule has 0 saturated carbocycles. The first kappa shape index (κ1) is 18.2. The third-order valence-electron chi connectivity index (χ3n) is 4.35. The molecular weight excluding hydrogens is 471 g/mol. The van der Waals surface area contributed by atoms with Gasteiger partial charge in [0.25, 0.3) is 11.5 Å². The molecule has 0 fully saturated rings. The molecule has 0 unspecified atom stereocenters. The number of aromatic nitrogens is 2. The molecule has 1 aromatic heterocycles. The molecule has 1 aliphatic rings. The van der Waals surface area contributed by atoms with Gasteiger partial charge in [-0.1, -0.05) is 18.2 Å². The Morgan fingerprint density at radius 2 is 1.71 bits per heavy atom. The van der Waals surface area contributed by atoms with Crippen molar-refractivity contribution >= 4 is 46.0 Å². The van der Waals surface area contributed by atoms with Crippen molar-refractivity contribution in [1.29, 1.82) is 0 Å². The quantitative estimate of drug-likeness (QED) is 0.440. The highest BCUT2D eigenvalue weighted by Gasteiger charge is 2.29. The zero-order chi connectivity index (χ0) is 19.8. The molecule has 0 atom stereocenters. The molecule has 140 valence electrons. The lowest BCUT2D eigenvalue weighted by atomic mass is 10.1. The van der Waals surface area contributed by atoms with E-state index in [1.54, 1.807) is 31.2 Å². The van der Waals surface area contributed by atoms with Crippen LogP contribution in [0.5, 0.6) is 5.88 Å². The van der Waals surface area contributed by atoms with Gasteiger partial charge in [-0.3, -0.25) is 14.7 Å². The summed E-state index contributed by atoms with van der Waals surface area (Å²) in [7, 11) is 0. The number of nitrogens with zero attached hydrogens (tertiary/aromatic N) is 3. The summed E-state index contributed by atoms with van der Waals surface area (Å²) in [5.74, 6) is -0.623. The normalized spacial score (nSPS) is 15.4. The molecule has 7 nitrogen and oxygen atoms in total. The van der Waals surface area contributed by atoms with E-state index in [1.807, 2.05) is 30.3 Å². The average molecular weight is 486 g/mol. The Hall–Kier alpha value is -3.14. The molecule has 0 bridgehead atoms. The fourth-order valence-electron chi connectivity index (χ4n) is 2.92. The smallest absolute Gasteiger partial charge is 0.280 e. The number of carbonyl (C=O) groups excluding carboxylic acids is 1. The number of hydrogen-bond donors (Lipinski definition) is 2. The number of H-pyrrole nitrogens is 1. The van der Waals surface area contributed by atoms with Crippen LogP contribution in [0, 0.1) is 3.57 Å². The van der Waals surface area contributed by atoms with Crippen LogP contribution in [0.3, 0.4) is 0 Å². The lowest BCUT2D eigenvalue weighted by molar-refractivity contribution is -0.114. The van der Waals surface area contributed by atoms with Gasteiger partial charge in [0.15, 0.2) is 0 Å². The minimum absolute atomic E-state index is 0.00589. The molecule has 0 aliphatic carbocycles. The Morgan fingerprint density at radius 1 is 1.04 bits per heavy atom. The van der Waals surface area contributed by atoms with Gasteiger partial charge in [0.05, 0.1) is 22.7 Å². The van der Waals surface area contributed by atoms with Crippen LogP contribution in [0.1, 0.15) is 12.5 Å². The van der Waals surface area contributed by atoms with Gasteiger partial charge in [-0.2, -0.15) is 10.1 Å². The molecule has 4 rings (SSSR count). The summed E-state index contributed by atoms with van der Waals surface area (Å²) >= 11 is 2.17. The maximum Gasteiger partial charge on any atom is 0.280 e. The third-order valence-corrected chi connectivity index (χ3v) is 5.07. The van der Waals surface area contributed by atoms with Gasteiger partial charge in [0.1, 0.15) is 5.56 Å². The van der Waals surface area contributed by atoms with Crippen LogP contribution in [0.15, 0.2) is 70.1 Å². The van der Waals surface area contributed by atoms with Gasteiger partial charge in [-0.15, -0.1) is 0 Å². The van der Waals surface area contributed by atoms with Crippen LogP contribution in [-0.2, 0) is 4.79 Å². The zero-order valence-electron chi connectivity index (χ0n) is 14.8. The summed E-state index contributed by atoms with van der Waals surface area (Å²) in [4.78, 5) is 25.2. The highest BCUT2D eigenvalue weighted by Crippen LogP contribution is 2.27. The lowest BCUT2D eigenvalue weighted by Crippen LogP contribution is -2.21. The van der Waals surface area contributed by atoms with Gasteiger partial charge < -0.3 is 5.11 Å². The monoisotopic (exact) mass is 486 g/mol. The molecule has 1 aliphatic heterocycles. The minimum atomic E-state index is -0.498. The SMILES string of the molecule is CC1=NN(c2ccccc2)C(=O)/C1=C/c1c(O)n(-c2ccc(I)cc2)[nH]c1=O. The van der Waals surface area contributed by atoms with E-state index in [9.17, 15) is 14.7 Å². The molecule has 2 heterocycles. The number of aromatic amines is 1. The number of carbonyl (C=O) groups is 1. The van der Waals surface area contributed by atoms with Crippen molar-refractivity contribution in [3.63, 3.8) is 0 Å². The molecule has 8 heteroatoms. The second-order valence-electron chi connectivity index (χ2n) is 6.19. The molecule has 1 amide bonds. The van der Waals surface area contributed by atoms with E-state index in [-0.39, 0.29) is 22.9 Å². The molecule has 0 saturated heterocycles. The van der Waals surface area contributed by atoms with Gasteiger partial charge >= 0.3 is 0 Å². The Labute approximate surface area is 173 Å². The fourth-order valence-corrected chi connectivity index (χ4v) is 3.28. The van der Waals surface area contributed by atoms with Crippen LogP contribution in [-0.4, -0.2) is 26.5 Å². The highest BCUT2D eigenvalue weighted by atomic mass is 127. The third kappa shape index (κ3) is 3.15. The predicted octanol–water partition coefficient (Wildman–Crippen LogP) is 3.28. The first-order valence-electron chi connectivity index (χ1n) is 8.42. The van der Waals surface area contributed by atoms with Crippen molar-refractivity contribution in [2.45, 2.75) is 6.92 Å². The number of halogens is 1. The van der Waals surface area contributed by atoms with E-state index in [4.69, 9.17) is 0 Å². The van der Waals surface area contributed by atoms with Crippen molar-refractivity contribution in [3.05, 3.63) is 79.7 Å². The first-order valence-corrected chi connectivity index (χ1v) is 9.50. The van der Waals surface area contributed by atoms with Crippen LogP contribution >= 0.6 is 22.6 Å². The number of anilines is 1. The molecule has 0 radical (unpaired) electrons. The van der Waals surface area contributed by atoms with Gasteiger partial charge in [-0.25, -0.2) is 4.68 Å². The van der Waals surface area contributed by atoms with Crippen LogP contribution in [0.25, 0.3) is 11.8 Å². The summed E-state index contributed by atoms with van der Waals surface area (Å²) in [6, 6.07) is 16.3. The maximum absolute atomic E-state index is 12.8. The van der Waals surface area contributed by atoms with Crippen LogP contribution in [0.4, 0.5) is 5.69 Å². The Morgan fingerprint density at radius 3 is 2.39 bits per heavy atom. The maximum atomic E-state index is 12.8. The van der Waals surface area contributed by atoms with Crippen LogP contribution in [0.2, 0.25) is 0 Å². The minimum Gasteiger partial charge on any atom is -0.493 e. The fraction of sp³-hybridized carbons (Fsp3) is 0.0500. The standard InChI is InChI=1S/C20H15IN4O3/c1-12-16(19(27)24(22-12)14-5-3-2-4-6-14)11-17-18(26)23-25(20(17)28)15-9-7-13(21)8-10-15/h2-11,28H,1H3,(H,23,26)/b16-11+. The predicted molar refractivity (Wildman–Crippen MR) is 116 cm³/mol. The lowest BCUT2D eigenvalue weighted by Gasteiger charge is -2.10. The molecule has 2 aromatic carbocycles. The molecular formula is C20H15IN4O3. The van der Waals surface area contributed by atoms with E-state index in [2.05, 4.69) is 32.8 Å². The second-order valence-corrected chi connectivity index (χ2v) is 7.43. The van der Waals surface area contributed by atoms with E-state index in [0.717, 1.165) is 3.57 Å². The number of para-hydroxylation sites is 1. The Bertz CT molecular complexity index is 1170. The van der Waals surface area contributed by atoms with Crippen molar-refractivity contribution in [3.8, 4) is 11.6 Å². The summed E-state index contributed by atoms with van der Waals surface area (Å²) in [5.41, 5.74) is 1.46. The summed E-state index contributed by atoms with van der Waals surface area (Å²) in [6.45, 7) is 1.69. The van der Waals surface area contributed by atoms with E-state index in [1.165, 1.54) is 15.8 Å². The Kier molecular flexibility index (Phi) is 4.63. The number of rotatable bonds is 3. The molecule has 0 spiro atoms. The number of nitrogens with one attached hydrogen (secondary N) is 1. The van der Waals surface area contributed by atoms with E-state index >= 15 is 0 Å². The van der Waals surface area contributed by atoms with Gasteiger partial charge in [-0.05, 0) is 72.0 Å². The zero-order valence-corrected chi connectivity index (χ0v) is 16.9. The van der Waals surface area contributed by atoms with E-state index in [0.29, 0.717) is 17.1 Å². The first-order chi connectivity index (χ1) is 13.5. The van der Waals surface area contributed by atoms with Gasteiger partial charge in [0.2, 0.25) is 5.88 Å². The molecule has 3 aromatic rings. The number of hydrazone groups is 1. The van der Waals surface area contributed by atoms with Gasteiger partial charge in [0, 0.05) is 3.57 Å². The van der Waals surface area contributed by atoms with Crippen molar-refractivity contribution in [1.82, 2.24) is 9.78 Å². The summed E-state index contributed by atoms with van der Waals surface area (Å²) < 4.78 is 2.31. The topological polar surface area (TPSA) is 90.7 Å². The average Bonchev–Trinajstić information content (AvgIpc) is 3.14. The second kappa shape index (κ2) is 7.12. The van der Waals surface area contributed by atoms with Crippen LogP contribution < -0.4 is 10.6 Å². The number of amides is 1. The van der Waals surface area contributed by atoms with Crippen molar-refractivity contribution < 1.29 is 9.90 Å². The van der Waals surface area contributed by atoms with E-state index < -0.39 is 5.56 Å². The molecule has 28 heavy (non-hydrogen) atoms. The van der Waals surface area contributed by atoms with Crippen molar-refractivity contribution in [2.24, 2.45) is 5.10 Å². The van der Waals surface area contributed by atoms with Crippen molar-refractivity contribution in [2.75, 3.05) is 5.01 Å². The summed E-state index contributed by atoms with van der Waals surface area (Å²) in [6.07, 6.45) is 1.38. The highest BCUT2D eigenvalue weighted by molar-refractivity contribution is 14.1. The Balaban J connectivity index is 1.74. The largest absolute Gasteiger partial charge is 0.493 e. The number of hydrogen-bond acceptors (Lipinski definition) is 4. The summed E-state index contributed by atoms with van der Waals surface area (Å²) in [5, 5.41) is 18.7.